The SMILES string of the molecule is [B]c1cc(/C=C/C(=O)O)cc(OC)c1. The zero-order valence-electron chi connectivity index (χ0n) is 7.73. The van der Waals surface area contributed by atoms with E-state index in [-0.39, 0.29) is 0 Å². The minimum absolute atomic E-state index is 0.536. The highest BCUT2D eigenvalue weighted by molar-refractivity contribution is 6.32. The second-order valence-corrected chi connectivity index (χ2v) is 2.71. The Labute approximate surface area is 83.4 Å². The zero-order valence-corrected chi connectivity index (χ0v) is 7.73. The monoisotopic (exact) mass is 188 g/mol. The summed E-state index contributed by atoms with van der Waals surface area (Å²) < 4.78 is 4.98. The van der Waals surface area contributed by atoms with Crippen molar-refractivity contribution < 1.29 is 14.6 Å². The van der Waals surface area contributed by atoms with Crippen LogP contribution < -0.4 is 10.2 Å². The molecule has 14 heavy (non-hydrogen) atoms. The van der Waals surface area contributed by atoms with Gasteiger partial charge in [-0.3, -0.25) is 0 Å². The van der Waals surface area contributed by atoms with E-state index in [2.05, 4.69) is 0 Å². The summed E-state index contributed by atoms with van der Waals surface area (Å²) in [6.07, 6.45) is 2.51. The Hall–Kier alpha value is -1.71. The summed E-state index contributed by atoms with van der Waals surface area (Å²) >= 11 is 0. The highest BCUT2D eigenvalue weighted by atomic mass is 16.5. The molecule has 0 aliphatic carbocycles. The molecule has 0 atom stereocenters. The highest BCUT2D eigenvalue weighted by Crippen LogP contribution is 2.11. The molecule has 0 aromatic heterocycles. The number of aliphatic carboxylic acids is 1. The van der Waals surface area contributed by atoms with Crippen molar-refractivity contribution in [1.29, 1.82) is 0 Å². The van der Waals surface area contributed by atoms with Gasteiger partial charge in [0.1, 0.15) is 13.6 Å². The number of carboxylic acids is 1. The first-order chi connectivity index (χ1) is 6.61. The van der Waals surface area contributed by atoms with Crippen molar-refractivity contribution in [2.75, 3.05) is 7.11 Å². The fourth-order valence-corrected chi connectivity index (χ4v) is 1.03. The molecule has 0 spiro atoms. The molecule has 0 aliphatic rings. The van der Waals surface area contributed by atoms with Crippen LogP contribution in [0, 0.1) is 0 Å². The summed E-state index contributed by atoms with van der Waals surface area (Å²) in [4.78, 5) is 10.3. The topological polar surface area (TPSA) is 46.5 Å². The number of rotatable bonds is 3. The Kier molecular flexibility index (Phi) is 3.34. The smallest absolute Gasteiger partial charge is 0.328 e. The Morgan fingerprint density at radius 2 is 2.21 bits per heavy atom. The van der Waals surface area contributed by atoms with Crippen LogP contribution in [-0.4, -0.2) is 26.0 Å². The number of carbonyl (C=O) groups is 1. The largest absolute Gasteiger partial charge is 0.497 e. The van der Waals surface area contributed by atoms with E-state index in [0.29, 0.717) is 16.8 Å². The third kappa shape index (κ3) is 2.97. The minimum atomic E-state index is -0.994. The Morgan fingerprint density at radius 3 is 2.79 bits per heavy atom. The molecule has 0 heterocycles. The van der Waals surface area contributed by atoms with Gasteiger partial charge in [-0.2, -0.15) is 0 Å². The van der Waals surface area contributed by atoms with Gasteiger partial charge in [0.25, 0.3) is 0 Å². The number of carboxylic acid groups (broad SMARTS) is 1. The maximum atomic E-state index is 10.3. The van der Waals surface area contributed by atoms with Gasteiger partial charge in [-0.25, -0.2) is 4.79 Å². The molecule has 0 saturated carbocycles. The van der Waals surface area contributed by atoms with Gasteiger partial charge in [0, 0.05) is 6.08 Å². The van der Waals surface area contributed by atoms with Crippen molar-refractivity contribution in [2.45, 2.75) is 0 Å². The summed E-state index contributed by atoms with van der Waals surface area (Å²) in [6.45, 7) is 0. The highest BCUT2D eigenvalue weighted by Gasteiger charge is 1.95. The maximum absolute atomic E-state index is 10.3. The molecule has 0 aliphatic heterocycles. The molecule has 0 saturated heterocycles. The first-order valence-electron chi connectivity index (χ1n) is 3.97. The standard InChI is InChI=1S/C10H9BO3/c1-14-9-5-7(2-3-10(12)13)4-8(11)6-9/h2-6H,1H3,(H,12,13)/b3-2+. The van der Waals surface area contributed by atoms with Gasteiger partial charge >= 0.3 is 5.97 Å². The molecular formula is C10H9BO3. The lowest BCUT2D eigenvalue weighted by atomic mass is 9.94. The molecule has 2 radical (unpaired) electrons. The Bertz CT molecular complexity index is 372. The number of hydrogen-bond donors (Lipinski definition) is 1. The Balaban J connectivity index is 2.97. The summed E-state index contributed by atoms with van der Waals surface area (Å²) in [5.41, 5.74) is 1.23. The molecule has 0 fully saturated rings. The fraction of sp³-hybridized carbons (Fsp3) is 0.100. The van der Waals surface area contributed by atoms with E-state index in [0.717, 1.165) is 6.08 Å². The zero-order chi connectivity index (χ0) is 10.6. The van der Waals surface area contributed by atoms with Gasteiger partial charge < -0.3 is 9.84 Å². The predicted molar refractivity (Wildman–Crippen MR) is 55.1 cm³/mol. The van der Waals surface area contributed by atoms with Crippen LogP contribution in [0.15, 0.2) is 24.3 Å². The molecule has 3 nitrogen and oxygen atoms in total. The van der Waals surface area contributed by atoms with Crippen LogP contribution in [0.3, 0.4) is 0 Å². The Morgan fingerprint density at radius 1 is 1.50 bits per heavy atom. The van der Waals surface area contributed by atoms with E-state index in [4.69, 9.17) is 17.7 Å². The van der Waals surface area contributed by atoms with Gasteiger partial charge in [0.2, 0.25) is 0 Å². The van der Waals surface area contributed by atoms with Crippen LogP contribution in [0.2, 0.25) is 0 Å². The fourth-order valence-electron chi connectivity index (χ4n) is 1.03. The van der Waals surface area contributed by atoms with E-state index in [1.807, 2.05) is 0 Å². The third-order valence-corrected chi connectivity index (χ3v) is 1.61. The third-order valence-electron chi connectivity index (χ3n) is 1.61. The second kappa shape index (κ2) is 4.51. The summed E-state index contributed by atoms with van der Waals surface area (Å²) in [7, 11) is 7.11. The number of ether oxygens (including phenoxy) is 1. The van der Waals surface area contributed by atoms with Gasteiger partial charge in [-0.05, 0) is 23.8 Å². The van der Waals surface area contributed by atoms with Crippen LogP contribution in [0.25, 0.3) is 6.08 Å². The van der Waals surface area contributed by atoms with E-state index in [1.165, 1.54) is 13.2 Å². The van der Waals surface area contributed by atoms with Gasteiger partial charge in [-0.1, -0.05) is 11.5 Å². The predicted octanol–water partition coefficient (Wildman–Crippen LogP) is 0.587. The summed E-state index contributed by atoms with van der Waals surface area (Å²) in [5.74, 6) is -0.388. The number of hydrogen-bond acceptors (Lipinski definition) is 2. The van der Waals surface area contributed by atoms with E-state index < -0.39 is 5.97 Å². The molecule has 0 unspecified atom stereocenters. The molecule has 1 rings (SSSR count). The second-order valence-electron chi connectivity index (χ2n) is 2.71. The molecule has 0 bridgehead atoms. The number of benzene rings is 1. The normalized spacial score (nSPS) is 10.4. The van der Waals surface area contributed by atoms with Gasteiger partial charge in [-0.15, -0.1) is 0 Å². The van der Waals surface area contributed by atoms with Crippen molar-refractivity contribution in [1.82, 2.24) is 0 Å². The first-order valence-corrected chi connectivity index (χ1v) is 3.97. The minimum Gasteiger partial charge on any atom is -0.497 e. The van der Waals surface area contributed by atoms with Crippen LogP contribution in [0.5, 0.6) is 5.75 Å². The van der Waals surface area contributed by atoms with Crippen LogP contribution in [0.1, 0.15) is 5.56 Å². The van der Waals surface area contributed by atoms with Crippen LogP contribution in [-0.2, 0) is 4.79 Å². The quantitative estimate of drug-likeness (QED) is 0.557. The average Bonchev–Trinajstić information content (AvgIpc) is 2.14. The molecule has 1 N–H and O–H groups in total. The van der Waals surface area contributed by atoms with Crippen LogP contribution >= 0.6 is 0 Å². The van der Waals surface area contributed by atoms with Gasteiger partial charge in [0.15, 0.2) is 0 Å². The maximum Gasteiger partial charge on any atom is 0.328 e. The molecule has 0 amide bonds. The lowest BCUT2D eigenvalue weighted by Gasteiger charge is -2.03. The number of methoxy groups -OCH3 is 1. The van der Waals surface area contributed by atoms with Crippen molar-refractivity contribution in [3.8, 4) is 5.75 Å². The molecular weight excluding hydrogens is 179 g/mol. The molecule has 1 aromatic carbocycles. The van der Waals surface area contributed by atoms with Crippen LogP contribution in [0.4, 0.5) is 0 Å². The van der Waals surface area contributed by atoms with Gasteiger partial charge in [0.05, 0.1) is 7.11 Å². The summed E-state index contributed by atoms with van der Waals surface area (Å²) in [6, 6.07) is 5.04. The van der Waals surface area contributed by atoms with Crippen molar-refractivity contribution in [3.63, 3.8) is 0 Å². The van der Waals surface area contributed by atoms with Crippen molar-refractivity contribution >= 4 is 25.4 Å². The lowest BCUT2D eigenvalue weighted by molar-refractivity contribution is -0.131. The molecule has 1 aromatic rings. The lowest BCUT2D eigenvalue weighted by Crippen LogP contribution is -2.03. The van der Waals surface area contributed by atoms with Crippen molar-refractivity contribution in [3.05, 3.63) is 29.8 Å². The molecule has 70 valence electrons. The van der Waals surface area contributed by atoms with E-state index in [9.17, 15) is 4.79 Å². The first kappa shape index (κ1) is 10.4. The van der Waals surface area contributed by atoms with E-state index in [1.54, 1.807) is 18.2 Å². The van der Waals surface area contributed by atoms with E-state index >= 15 is 0 Å². The average molecular weight is 188 g/mol. The summed E-state index contributed by atoms with van der Waals surface area (Å²) in [5, 5.41) is 8.42. The molecule has 4 heteroatoms. The van der Waals surface area contributed by atoms with Crippen molar-refractivity contribution in [2.24, 2.45) is 0 Å².